The van der Waals surface area contributed by atoms with Crippen molar-refractivity contribution in [2.24, 2.45) is 0 Å². The standard InChI is InChI=1S/C26H27FN4O2S/c1-26(2,3)31-24(17-9-11-19(27)12-10-17)21(15-29-31)25-30-20(16-34-25)13-23(32)28-14-18-7-5-6-8-22(18)33-4/h5-12,15-16H,13-14H2,1-4H3,(H,28,32). The lowest BCUT2D eigenvalue weighted by Crippen LogP contribution is -2.24. The molecule has 1 amide bonds. The topological polar surface area (TPSA) is 69.0 Å². The number of carbonyl (C=O) groups excluding carboxylic acids is 1. The Bertz CT molecular complexity index is 1290. The Kier molecular flexibility index (Phi) is 6.79. The third-order valence-corrected chi connectivity index (χ3v) is 6.24. The smallest absolute Gasteiger partial charge is 0.226 e. The Balaban J connectivity index is 1.54. The Morgan fingerprint density at radius 1 is 1.15 bits per heavy atom. The van der Waals surface area contributed by atoms with Crippen molar-refractivity contribution in [3.05, 3.63) is 77.2 Å². The average Bonchev–Trinajstić information content (AvgIpc) is 3.45. The molecule has 0 saturated carbocycles. The third kappa shape index (κ3) is 5.17. The molecule has 0 unspecified atom stereocenters. The van der Waals surface area contributed by atoms with E-state index in [2.05, 4.69) is 31.2 Å². The Morgan fingerprint density at radius 2 is 1.88 bits per heavy atom. The van der Waals surface area contributed by atoms with E-state index >= 15 is 0 Å². The molecular weight excluding hydrogens is 451 g/mol. The molecule has 6 nitrogen and oxygen atoms in total. The zero-order valence-electron chi connectivity index (χ0n) is 19.6. The van der Waals surface area contributed by atoms with Crippen LogP contribution in [0.15, 0.2) is 60.1 Å². The first-order valence-electron chi connectivity index (χ1n) is 10.9. The van der Waals surface area contributed by atoms with Crippen LogP contribution in [0.5, 0.6) is 5.75 Å². The fraction of sp³-hybridized carbons (Fsp3) is 0.269. The molecule has 0 aliphatic heterocycles. The molecule has 0 spiro atoms. The van der Waals surface area contributed by atoms with Crippen LogP contribution in [0.1, 0.15) is 32.0 Å². The van der Waals surface area contributed by atoms with Crippen molar-refractivity contribution in [1.29, 1.82) is 0 Å². The first kappa shape index (κ1) is 23.6. The molecule has 0 aliphatic carbocycles. The zero-order valence-corrected chi connectivity index (χ0v) is 20.4. The van der Waals surface area contributed by atoms with Crippen LogP contribution in [-0.4, -0.2) is 27.8 Å². The van der Waals surface area contributed by atoms with Gasteiger partial charge < -0.3 is 10.1 Å². The number of halogens is 1. The van der Waals surface area contributed by atoms with Crippen LogP contribution in [0, 0.1) is 5.82 Å². The SMILES string of the molecule is COc1ccccc1CNC(=O)Cc1csc(-c2cnn(C(C)(C)C)c2-c2ccc(F)cc2)n1. The number of ether oxygens (including phenoxy) is 1. The maximum Gasteiger partial charge on any atom is 0.226 e. The molecule has 4 aromatic rings. The molecule has 0 bridgehead atoms. The zero-order chi connectivity index (χ0) is 24.3. The molecule has 0 saturated heterocycles. The van der Waals surface area contributed by atoms with E-state index in [4.69, 9.17) is 9.72 Å². The lowest BCUT2D eigenvalue weighted by Gasteiger charge is -2.23. The number of methoxy groups -OCH3 is 1. The molecule has 2 aromatic carbocycles. The van der Waals surface area contributed by atoms with Gasteiger partial charge in [-0.15, -0.1) is 11.3 Å². The highest BCUT2D eigenvalue weighted by Crippen LogP contribution is 2.36. The third-order valence-electron chi connectivity index (χ3n) is 5.31. The van der Waals surface area contributed by atoms with E-state index in [9.17, 15) is 9.18 Å². The largest absolute Gasteiger partial charge is 0.496 e. The van der Waals surface area contributed by atoms with Gasteiger partial charge in [-0.1, -0.05) is 18.2 Å². The number of aromatic nitrogens is 3. The number of nitrogens with one attached hydrogen (secondary N) is 1. The first-order valence-corrected chi connectivity index (χ1v) is 11.8. The minimum Gasteiger partial charge on any atom is -0.496 e. The van der Waals surface area contributed by atoms with Gasteiger partial charge >= 0.3 is 0 Å². The monoisotopic (exact) mass is 478 g/mol. The van der Waals surface area contributed by atoms with Gasteiger partial charge in [0, 0.05) is 23.1 Å². The second kappa shape index (κ2) is 9.77. The first-order chi connectivity index (χ1) is 16.3. The second-order valence-corrected chi connectivity index (χ2v) is 9.76. The van der Waals surface area contributed by atoms with Crippen molar-refractivity contribution in [2.75, 3.05) is 7.11 Å². The molecule has 8 heteroatoms. The summed E-state index contributed by atoms with van der Waals surface area (Å²) < 4.78 is 20.8. The summed E-state index contributed by atoms with van der Waals surface area (Å²) in [4.78, 5) is 17.3. The van der Waals surface area contributed by atoms with Gasteiger partial charge in [0.25, 0.3) is 0 Å². The Labute approximate surface area is 202 Å². The average molecular weight is 479 g/mol. The number of hydrogen-bond acceptors (Lipinski definition) is 5. The van der Waals surface area contributed by atoms with Gasteiger partial charge in [0.15, 0.2) is 0 Å². The minimum absolute atomic E-state index is 0.119. The van der Waals surface area contributed by atoms with Crippen LogP contribution in [0.2, 0.25) is 0 Å². The number of hydrogen-bond donors (Lipinski definition) is 1. The summed E-state index contributed by atoms with van der Waals surface area (Å²) in [7, 11) is 1.61. The number of thiazole rings is 1. The Hall–Kier alpha value is -3.52. The highest BCUT2D eigenvalue weighted by Gasteiger charge is 2.24. The van der Waals surface area contributed by atoms with Gasteiger partial charge in [0.05, 0.1) is 42.2 Å². The molecule has 2 aromatic heterocycles. The Morgan fingerprint density at radius 3 is 2.59 bits per heavy atom. The minimum atomic E-state index is -0.289. The molecular formula is C26H27FN4O2S. The fourth-order valence-electron chi connectivity index (χ4n) is 3.68. The fourth-order valence-corrected chi connectivity index (χ4v) is 4.51. The predicted octanol–water partition coefficient (Wildman–Crippen LogP) is 5.44. The summed E-state index contributed by atoms with van der Waals surface area (Å²) in [5, 5.41) is 10.2. The number of amides is 1. The summed E-state index contributed by atoms with van der Waals surface area (Å²) in [5.41, 5.74) is 3.90. The van der Waals surface area contributed by atoms with Crippen molar-refractivity contribution in [3.63, 3.8) is 0 Å². The molecule has 176 valence electrons. The number of benzene rings is 2. The van der Waals surface area contributed by atoms with Crippen LogP contribution in [0.3, 0.4) is 0 Å². The molecule has 1 N–H and O–H groups in total. The normalized spacial score (nSPS) is 11.4. The summed E-state index contributed by atoms with van der Waals surface area (Å²) in [6.45, 7) is 6.58. The predicted molar refractivity (Wildman–Crippen MR) is 132 cm³/mol. The quantitative estimate of drug-likeness (QED) is 0.384. The summed E-state index contributed by atoms with van der Waals surface area (Å²) >= 11 is 1.46. The molecule has 0 aliphatic rings. The molecule has 2 heterocycles. The molecule has 0 atom stereocenters. The van der Waals surface area contributed by atoms with E-state index in [0.29, 0.717) is 12.2 Å². The maximum absolute atomic E-state index is 13.5. The van der Waals surface area contributed by atoms with Crippen molar-refractivity contribution in [3.8, 4) is 27.6 Å². The van der Waals surface area contributed by atoms with Crippen LogP contribution >= 0.6 is 11.3 Å². The van der Waals surface area contributed by atoms with Crippen LogP contribution in [0.25, 0.3) is 21.8 Å². The van der Waals surface area contributed by atoms with Crippen LogP contribution < -0.4 is 10.1 Å². The summed E-state index contributed by atoms with van der Waals surface area (Å²) in [6, 6.07) is 14.0. The van der Waals surface area contributed by atoms with Gasteiger partial charge in [-0.3, -0.25) is 9.48 Å². The van der Waals surface area contributed by atoms with E-state index in [0.717, 1.165) is 33.1 Å². The lowest BCUT2D eigenvalue weighted by atomic mass is 10.0. The highest BCUT2D eigenvalue weighted by atomic mass is 32.1. The van der Waals surface area contributed by atoms with Crippen LogP contribution in [-0.2, 0) is 23.3 Å². The number of rotatable bonds is 7. The van der Waals surface area contributed by atoms with Crippen molar-refractivity contribution in [2.45, 2.75) is 39.3 Å². The van der Waals surface area contributed by atoms with E-state index in [1.54, 1.807) is 25.4 Å². The number of nitrogens with zero attached hydrogens (tertiary/aromatic N) is 3. The molecule has 0 fully saturated rings. The summed E-state index contributed by atoms with van der Waals surface area (Å²) in [6.07, 6.45) is 1.96. The second-order valence-electron chi connectivity index (χ2n) is 8.91. The van der Waals surface area contributed by atoms with Crippen molar-refractivity contribution in [1.82, 2.24) is 20.1 Å². The van der Waals surface area contributed by atoms with Crippen molar-refractivity contribution < 1.29 is 13.9 Å². The van der Waals surface area contributed by atoms with E-state index in [1.807, 2.05) is 34.3 Å². The van der Waals surface area contributed by atoms with Gasteiger partial charge in [0.2, 0.25) is 5.91 Å². The van der Waals surface area contributed by atoms with E-state index in [-0.39, 0.29) is 23.7 Å². The van der Waals surface area contributed by atoms with Gasteiger partial charge in [0.1, 0.15) is 16.6 Å². The van der Waals surface area contributed by atoms with E-state index < -0.39 is 0 Å². The van der Waals surface area contributed by atoms with E-state index in [1.165, 1.54) is 23.5 Å². The molecule has 0 radical (unpaired) electrons. The molecule has 34 heavy (non-hydrogen) atoms. The van der Waals surface area contributed by atoms with Crippen LogP contribution in [0.4, 0.5) is 4.39 Å². The lowest BCUT2D eigenvalue weighted by molar-refractivity contribution is -0.120. The van der Waals surface area contributed by atoms with Gasteiger partial charge in [-0.05, 0) is 51.1 Å². The number of para-hydroxylation sites is 1. The van der Waals surface area contributed by atoms with Gasteiger partial charge in [-0.2, -0.15) is 5.10 Å². The van der Waals surface area contributed by atoms with Gasteiger partial charge in [-0.25, -0.2) is 9.37 Å². The molecule has 4 rings (SSSR count). The maximum atomic E-state index is 13.5. The highest BCUT2D eigenvalue weighted by molar-refractivity contribution is 7.13. The summed E-state index contributed by atoms with van der Waals surface area (Å²) in [5.74, 6) is 0.331. The number of carbonyl (C=O) groups is 1. The van der Waals surface area contributed by atoms with Crippen molar-refractivity contribution >= 4 is 17.2 Å².